The first-order chi connectivity index (χ1) is 5.65. The van der Waals surface area contributed by atoms with Gasteiger partial charge in [0.1, 0.15) is 4.88 Å². The van der Waals surface area contributed by atoms with E-state index < -0.39 is 0 Å². The van der Waals surface area contributed by atoms with E-state index in [1.54, 1.807) is 13.2 Å². The molecule has 0 saturated carbocycles. The Morgan fingerprint density at radius 1 is 1.75 bits per heavy atom. The number of amides is 1. The van der Waals surface area contributed by atoms with Gasteiger partial charge in [0.25, 0.3) is 5.91 Å². The summed E-state index contributed by atoms with van der Waals surface area (Å²) in [6.07, 6.45) is 1.62. The molecule has 0 aliphatic carbocycles. The SMILES string of the molecule is CNC(=O)c1cnc(C(C)C)s1.[HH]. The van der Waals surface area contributed by atoms with Gasteiger partial charge in [-0.25, -0.2) is 4.98 Å². The number of hydrogen-bond donors (Lipinski definition) is 1. The Kier molecular flexibility index (Phi) is 2.81. The van der Waals surface area contributed by atoms with Gasteiger partial charge in [0.2, 0.25) is 0 Å². The molecule has 1 aromatic rings. The maximum absolute atomic E-state index is 11.1. The fraction of sp³-hybridized carbons (Fsp3) is 0.500. The van der Waals surface area contributed by atoms with Crippen LogP contribution in [0.4, 0.5) is 0 Å². The van der Waals surface area contributed by atoms with Crippen LogP contribution in [0.5, 0.6) is 0 Å². The number of carbonyl (C=O) groups excluding carboxylic acids is 1. The Labute approximate surface area is 77.3 Å². The van der Waals surface area contributed by atoms with Gasteiger partial charge < -0.3 is 5.32 Å². The highest BCUT2D eigenvalue weighted by atomic mass is 32.1. The number of nitrogens with zero attached hydrogens (tertiary/aromatic N) is 1. The van der Waals surface area contributed by atoms with Crippen molar-refractivity contribution >= 4 is 17.2 Å². The molecule has 0 bridgehead atoms. The van der Waals surface area contributed by atoms with Crippen LogP contribution in [0, 0.1) is 0 Å². The van der Waals surface area contributed by atoms with Crippen molar-refractivity contribution in [3.63, 3.8) is 0 Å². The summed E-state index contributed by atoms with van der Waals surface area (Å²) in [7, 11) is 1.62. The van der Waals surface area contributed by atoms with Gasteiger partial charge in [0.15, 0.2) is 0 Å². The number of aromatic nitrogens is 1. The maximum atomic E-state index is 11.1. The van der Waals surface area contributed by atoms with Crippen molar-refractivity contribution in [1.29, 1.82) is 0 Å². The van der Waals surface area contributed by atoms with Gasteiger partial charge in [0, 0.05) is 14.4 Å². The van der Waals surface area contributed by atoms with Crippen LogP contribution in [0.25, 0.3) is 0 Å². The minimum Gasteiger partial charge on any atom is -0.354 e. The number of nitrogens with one attached hydrogen (secondary N) is 1. The molecule has 0 aromatic carbocycles. The van der Waals surface area contributed by atoms with Crippen molar-refractivity contribution in [1.82, 2.24) is 10.3 Å². The van der Waals surface area contributed by atoms with Crippen LogP contribution < -0.4 is 5.32 Å². The summed E-state index contributed by atoms with van der Waals surface area (Å²) in [6.45, 7) is 4.12. The van der Waals surface area contributed by atoms with Crippen molar-refractivity contribution in [2.24, 2.45) is 0 Å². The quantitative estimate of drug-likeness (QED) is 0.766. The van der Waals surface area contributed by atoms with Gasteiger partial charge in [-0.1, -0.05) is 13.8 Å². The summed E-state index contributed by atoms with van der Waals surface area (Å²) < 4.78 is 0. The molecule has 68 valence electrons. The molecule has 1 rings (SSSR count). The Hall–Kier alpha value is -0.900. The van der Waals surface area contributed by atoms with Crippen LogP contribution in [0.2, 0.25) is 0 Å². The van der Waals surface area contributed by atoms with Gasteiger partial charge in [-0.3, -0.25) is 4.79 Å². The lowest BCUT2D eigenvalue weighted by Gasteiger charge is -1.95. The molecule has 0 radical (unpaired) electrons. The van der Waals surface area contributed by atoms with Crippen molar-refractivity contribution in [3.05, 3.63) is 16.1 Å². The molecule has 1 aromatic heterocycles. The molecule has 1 N–H and O–H groups in total. The predicted molar refractivity (Wildman–Crippen MR) is 51.7 cm³/mol. The van der Waals surface area contributed by atoms with Crippen molar-refractivity contribution in [2.45, 2.75) is 19.8 Å². The highest BCUT2D eigenvalue weighted by Gasteiger charge is 2.10. The van der Waals surface area contributed by atoms with Crippen LogP contribution in [0.3, 0.4) is 0 Å². The number of hydrogen-bond acceptors (Lipinski definition) is 3. The average Bonchev–Trinajstić information content (AvgIpc) is 2.51. The molecule has 1 heterocycles. The Morgan fingerprint density at radius 2 is 2.42 bits per heavy atom. The molecule has 3 nitrogen and oxygen atoms in total. The second-order valence-electron chi connectivity index (χ2n) is 2.80. The van der Waals surface area contributed by atoms with Crippen LogP contribution in [-0.2, 0) is 0 Å². The molecule has 12 heavy (non-hydrogen) atoms. The summed E-state index contributed by atoms with van der Waals surface area (Å²) in [6, 6.07) is 0. The normalized spacial score (nSPS) is 10.3. The summed E-state index contributed by atoms with van der Waals surface area (Å²) in [5, 5.41) is 3.57. The van der Waals surface area contributed by atoms with E-state index in [0.29, 0.717) is 10.8 Å². The molecule has 0 aliphatic rings. The standard InChI is InChI=1S/C8H12N2OS.H2/c1-5(2)8-10-4-6(12-8)7(11)9-3;/h4-5H,1-3H3,(H,9,11);1H. The van der Waals surface area contributed by atoms with E-state index in [2.05, 4.69) is 24.1 Å². The monoisotopic (exact) mass is 186 g/mol. The topological polar surface area (TPSA) is 42.0 Å². The third-order valence-corrected chi connectivity index (χ3v) is 2.76. The molecule has 0 unspecified atom stereocenters. The summed E-state index contributed by atoms with van der Waals surface area (Å²) in [4.78, 5) is 15.9. The van der Waals surface area contributed by atoms with Crippen molar-refractivity contribution in [2.75, 3.05) is 7.05 Å². The molecular weight excluding hydrogens is 172 g/mol. The Balaban J connectivity index is 0.00000144. The van der Waals surface area contributed by atoms with E-state index in [9.17, 15) is 4.79 Å². The van der Waals surface area contributed by atoms with Gasteiger partial charge in [-0.05, 0) is 0 Å². The summed E-state index contributed by atoms with van der Waals surface area (Å²) in [5.41, 5.74) is 0. The third-order valence-electron chi connectivity index (χ3n) is 1.47. The number of carbonyl (C=O) groups is 1. The van der Waals surface area contributed by atoms with E-state index in [-0.39, 0.29) is 7.33 Å². The third kappa shape index (κ3) is 1.82. The zero-order valence-corrected chi connectivity index (χ0v) is 8.23. The first kappa shape index (κ1) is 9.19. The van der Waals surface area contributed by atoms with Gasteiger partial charge in [-0.2, -0.15) is 0 Å². The molecule has 4 heteroatoms. The highest BCUT2D eigenvalue weighted by Crippen LogP contribution is 2.20. The molecule has 0 atom stereocenters. The van der Waals surface area contributed by atoms with Gasteiger partial charge in [-0.15, -0.1) is 11.3 Å². The number of thiazole rings is 1. The maximum Gasteiger partial charge on any atom is 0.262 e. The van der Waals surface area contributed by atoms with E-state index in [4.69, 9.17) is 0 Å². The number of rotatable bonds is 2. The Bertz CT molecular complexity index is 285. The van der Waals surface area contributed by atoms with Crippen LogP contribution in [0.1, 0.15) is 35.9 Å². The first-order valence-corrected chi connectivity index (χ1v) is 4.64. The van der Waals surface area contributed by atoms with Crippen molar-refractivity contribution in [3.8, 4) is 0 Å². The Morgan fingerprint density at radius 3 is 2.83 bits per heavy atom. The highest BCUT2D eigenvalue weighted by molar-refractivity contribution is 7.13. The first-order valence-electron chi connectivity index (χ1n) is 3.83. The largest absolute Gasteiger partial charge is 0.354 e. The minimum atomic E-state index is -0.0561. The van der Waals surface area contributed by atoms with E-state index in [1.165, 1.54) is 11.3 Å². The second kappa shape index (κ2) is 3.67. The van der Waals surface area contributed by atoms with Crippen LogP contribution in [0.15, 0.2) is 6.20 Å². The second-order valence-corrected chi connectivity index (χ2v) is 3.86. The zero-order chi connectivity index (χ0) is 9.14. The van der Waals surface area contributed by atoms with E-state index >= 15 is 0 Å². The lowest BCUT2D eigenvalue weighted by atomic mass is 10.2. The van der Waals surface area contributed by atoms with Crippen LogP contribution >= 0.6 is 11.3 Å². The summed E-state index contributed by atoms with van der Waals surface area (Å²) >= 11 is 1.45. The van der Waals surface area contributed by atoms with Crippen LogP contribution in [-0.4, -0.2) is 17.9 Å². The van der Waals surface area contributed by atoms with E-state index in [1.807, 2.05) is 0 Å². The molecular formula is C8H14N2OS. The predicted octanol–water partition coefficient (Wildman–Crippen LogP) is 1.87. The van der Waals surface area contributed by atoms with Gasteiger partial charge >= 0.3 is 0 Å². The molecule has 0 saturated heterocycles. The van der Waals surface area contributed by atoms with E-state index in [0.717, 1.165) is 5.01 Å². The molecule has 0 aliphatic heterocycles. The van der Waals surface area contributed by atoms with Crippen molar-refractivity contribution < 1.29 is 6.22 Å². The summed E-state index contributed by atoms with van der Waals surface area (Å²) in [5.74, 6) is 0.341. The molecule has 0 fully saturated rings. The average molecular weight is 186 g/mol. The molecule has 0 spiro atoms. The smallest absolute Gasteiger partial charge is 0.262 e. The molecule has 1 amide bonds. The minimum absolute atomic E-state index is 0. The zero-order valence-electron chi connectivity index (χ0n) is 7.42. The lowest BCUT2D eigenvalue weighted by Crippen LogP contribution is -2.16. The van der Waals surface area contributed by atoms with Gasteiger partial charge in [0.05, 0.1) is 11.2 Å². The fourth-order valence-electron chi connectivity index (χ4n) is 0.783. The fourth-order valence-corrected chi connectivity index (χ4v) is 1.65. The lowest BCUT2D eigenvalue weighted by molar-refractivity contribution is 0.0967.